The maximum Gasteiger partial charge on any atom is 0.440 e. The molecule has 1 aromatic rings. The van der Waals surface area contributed by atoms with Gasteiger partial charge in [-0.15, -0.1) is 0 Å². The van der Waals surface area contributed by atoms with E-state index in [2.05, 4.69) is 4.74 Å². The van der Waals surface area contributed by atoms with Crippen molar-refractivity contribution in [2.24, 2.45) is 0 Å². The van der Waals surface area contributed by atoms with E-state index in [1.54, 1.807) is 0 Å². The first-order chi connectivity index (χ1) is 10.6. The topological polar surface area (TPSA) is 87.7 Å². The number of rotatable bonds is 2. The maximum absolute atomic E-state index is 13.3. The van der Waals surface area contributed by atoms with Crippen LogP contribution in [-0.2, 0) is 9.53 Å². The number of alkyl carbamates (subject to hydrolysis) is 1. The van der Waals surface area contributed by atoms with Crippen LogP contribution in [0.3, 0.4) is 0 Å². The fraction of sp³-hybridized carbons (Fsp3) is 0.250. The van der Waals surface area contributed by atoms with Crippen LogP contribution < -0.4 is 15.5 Å². The standard InChI is InChI=1S/C12H9ClF3N3O4/c1-23-10(22)18-11(12(14,15)16)8(20)19(9(21)17-11)7-4-2-6(13)3-5-7/h2-5H,1H3,(H,17,21)(H,18,22)/t11-/m0/s1. The number of hydrogen-bond acceptors (Lipinski definition) is 4. The van der Waals surface area contributed by atoms with Gasteiger partial charge in [-0.2, -0.15) is 13.2 Å². The van der Waals surface area contributed by atoms with Crippen molar-refractivity contribution in [2.75, 3.05) is 12.0 Å². The fourth-order valence-electron chi connectivity index (χ4n) is 1.91. The van der Waals surface area contributed by atoms with Crippen LogP contribution in [0.25, 0.3) is 0 Å². The van der Waals surface area contributed by atoms with E-state index < -0.39 is 29.9 Å². The van der Waals surface area contributed by atoms with Gasteiger partial charge in [0.1, 0.15) is 0 Å². The lowest BCUT2D eigenvalue weighted by Crippen LogP contribution is -2.69. The third-order valence-corrected chi connectivity index (χ3v) is 3.26. The molecule has 1 aromatic carbocycles. The molecule has 124 valence electrons. The molecule has 1 aliphatic rings. The quantitative estimate of drug-likeness (QED) is 0.798. The SMILES string of the molecule is COC(=O)N[C@@]1(C(F)(F)F)NC(=O)N(c2ccc(Cl)cc2)C1=O. The smallest absolute Gasteiger partial charge is 0.440 e. The van der Waals surface area contributed by atoms with Crippen molar-refractivity contribution < 1.29 is 32.3 Å². The normalized spacial score (nSPS) is 21.2. The van der Waals surface area contributed by atoms with Crippen LogP contribution in [-0.4, -0.2) is 37.0 Å². The predicted molar refractivity (Wildman–Crippen MR) is 71.8 cm³/mol. The van der Waals surface area contributed by atoms with E-state index in [0.29, 0.717) is 0 Å². The lowest BCUT2D eigenvalue weighted by Gasteiger charge is -2.29. The van der Waals surface area contributed by atoms with Crippen molar-refractivity contribution in [2.45, 2.75) is 11.8 Å². The summed E-state index contributed by atoms with van der Waals surface area (Å²) in [5.41, 5.74) is -3.76. The highest BCUT2D eigenvalue weighted by molar-refractivity contribution is 6.31. The summed E-state index contributed by atoms with van der Waals surface area (Å²) in [4.78, 5) is 35.5. The molecule has 4 amide bonds. The Morgan fingerprint density at radius 1 is 1.30 bits per heavy atom. The molecule has 7 nitrogen and oxygen atoms in total. The van der Waals surface area contributed by atoms with Crippen molar-refractivity contribution in [3.8, 4) is 0 Å². The number of benzene rings is 1. The monoisotopic (exact) mass is 351 g/mol. The number of nitrogens with zero attached hydrogens (tertiary/aromatic N) is 1. The minimum Gasteiger partial charge on any atom is -0.453 e. The summed E-state index contributed by atoms with van der Waals surface area (Å²) in [6.07, 6.45) is -6.83. The van der Waals surface area contributed by atoms with Gasteiger partial charge in [-0.25, -0.2) is 14.5 Å². The Morgan fingerprint density at radius 3 is 2.35 bits per heavy atom. The number of anilines is 1. The first-order valence-electron chi connectivity index (χ1n) is 5.97. The number of halogens is 4. The molecule has 0 aliphatic carbocycles. The molecule has 0 saturated carbocycles. The summed E-state index contributed by atoms with van der Waals surface area (Å²) in [5, 5.41) is 3.05. The van der Waals surface area contributed by atoms with Gasteiger partial charge in [-0.3, -0.25) is 15.4 Å². The highest BCUT2D eigenvalue weighted by Crippen LogP contribution is 2.36. The first kappa shape index (κ1) is 16.9. The number of carbonyl (C=O) groups is 3. The number of carbonyl (C=O) groups excluding carboxylic acids is 3. The van der Waals surface area contributed by atoms with Gasteiger partial charge >= 0.3 is 18.3 Å². The second-order valence-corrected chi connectivity index (χ2v) is 4.85. The molecule has 0 unspecified atom stereocenters. The molecular formula is C12H9ClF3N3O4. The number of nitrogens with one attached hydrogen (secondary N) is 2. The Morgan fingerprint density at radius 2 is 1.87 bits per heavy atom. The van der Waals surface area contributed by atoms with Crippen LogP contribution in [0.1, 0.15) is 0 Å². The van der Waals surface area contributed by atoms with Crippen LogP contribution in [0.5, 0.6) is 0 Å². The molecule has 0 radical (unpaired) electrons. The van der Waals surface area contributed by atoms with E-state index in [1.165, 1.54) is 34.9 Å². The van der Waals surface area contributed by atoms with E-state index >= 15 is 0 Å². The average molecular weight is 352 g/mol. The number of hydrogen-bond donors (Lipinski definition) is 2. The second-order valence-electron chi connectivity index (χ2n) is 4.41. The van der Waals surface area contributed by atoms with Gasteiger partial charge in [0.15, 0.2) is 0 Å². The lowest BCUT2D eigenvalue weighted by molar-refractivity contribution is -0.197. The lowest BCUT2D eigenvalue weighted by atomic mass is 10.1. The summed E-state index contributed by atoms with van der Waals surface area (Å²) in [5.74, 6) is -1.72. The van der Waals surface area contributed by atoms with Crippen LogP contribution in [0, 0.1) is 0 Å². The van der Waals surface area contributed by atoms with Crippen LogP contribution in [0.2, 0.25) is 5.02 Å². The van der Waals surface area contributed by atoms with Gasteiger partial charge in [0, 0.05) is 5.02 Å². The molecule has 1 saturated heterocycles. The van der Waals surface area contributed by atoms with E-state index in [4.69, 9.17) is 11.6 Å². The van der Waals surface area contributed by atoms with E-state index in [9.17, 15) is 27.6 Å². The summed E-state index contributed by atoms with van der Waals surface area (Å²) >= 11 is 5.65. The Balaban J connectivity index is 2.47. The molecular weight excluding hydrogens is 343 g/mol. The molecule has 1 heterocycles. The number of imide groups is 1. The van der Waals surface area contributed by atoms with E-state index in [1.807, 2.05) is 0 Å². The zero-order valence-corrected chi connectivity index (χ0v) is 12.2. The third kappa shape index (κ3) is 2.77. The minimum atomic E-state index is -5.30. The van der Waals surface area contributed by atoms with Crippen LogP contribution in [0.15, 0.2) is 24.3 Å². The summed E-state index contributed by atoms with van der Waals surface area (Å²) in [7, 11) is 0.817. The summed E-state index contributed by atoms with van der Waals surface area (Å²) in [6.45, 7) is 0. The van der Waals surface area contributed by atoms with Gasteiger partial charge in [-0.05, 0) is 24.3 Å². The molecule has 1 aliphatic heterocycles. The van der Waals surface area contributed by atoms with Gasteiger partial charge in [0.05, 0.1) is 12.8 Å². The molecule has 0 bridgehead atoms. The van der Waals surface area contributed by atoms with Crippen LogP contribution in [0.4, 0.5) is 28.4 Å². The Hall–Kier alpha value is -2.49. The van der Waals surface area contributed by atoms with E-state index in [0.717, 1.165) is 7.11 Å². The maximum atomic E-state index is 13.3. The second kappa shape index (κ2) is 5.61. The molecule has 23 heavy (non-hydrogen) atoms. The molecule has 2 rings (SSSR count). The molecule has 2 N–H and O–H groups in total. The van der Waals surface area contributed by atoms with Crippen molar-refractivity contribution in [1.29, 1.82) is 0 Å². The van der Waals surface area contributed by atoms with Gasteiger partial charge in [-0.1, -0.05) is 11.6 Å². The average Bonchev–Trinajstić information content (AvgIpc) is 2.71. The summed E-state index contributed by atoms with van der Waals surface area (Å²) in [6, 6.07) is 3.60. The fourth-order valence-corrected chi connectivity index (χ4v) is 2.03. The number of amides is 4. The van der Waals surface area contributed by atoms with Crippen molar-refractivity contribution in [3.05, 3.63) is 29.3 Å². The van der Waals surface area contributed by atoms with Crippen molar-refractivity contribution in [3.63, 3.8) is 0 Å². The van der Waals surface area contributed by atoms with E-state index in [-0.39, 0.29) is 15.6 Å². The molecule has 1 fully saturated rings. The Bertz CT molecular complexity index is 665. The Kier molecular flexibility index (Phi) is 4.12. The molecule has 11 heteroatoms. The third-order valence-electron chi connectivity index (χ3n) is 3.01. The number of ether oxygens (including phenoxy) is 1. The largest absolute Gasteiger partial charge is 0.453 e. The first-order valence-corrected chi connectivity index (χ1v) is 6.35. The van der Waals surface area contributed by atoms with Crippen LogP contribution >= 0.6 is 11.6 Å². The summed E-state index contributed by atoms with van der Waals surface area (Å²) < 4.78 is 44.1. The van der Waals surface area contributed by atoms with Crippen molar-refractivity contribution in [1.82, 2.24) is 10.6 Å². The molecule has 0 spiro atoms. The zero-order valence-electron chi connectivity index (χ0n) is 11.4. The van der Waals surface area contributed by atoms with Gasteiger partial charge < -0.3 is 4.74 Å². The molecule has 0 aromatic heterocycles. The highest BCUT2D eigenvalue weighted by Gasteiger charge is 2.69. The number of methoxy groups -OCH3 is 1. The molecule has 1 atom stereocenters. The number of urea groups is 1. The predicted octanol–water partition coefficient (Wildman–Crippen LogP) is 2.01. The minimum absolute atomic E-state index is 0.144. The van der Waals surface area contributed by atoms with Gasteiger partial charge in [0.2, 0.25) is 0 Å². The van der Waals surface area contributed by atoms with Crippen molar-refractivity contribution >= 4 is 35.3 Å². The Labute approximate surface area is 132 Å². The zero-order chi connectivity index (χ0) is 17.4. The highest BCUT2D eigenvalue weighted by atomic mass is 35.5. The number of alkyl halides is 3. The van der Waals surface area contributed by atoms with Gasteiger partial charge in [0.25, 0.3) is 11.6 Å².